The fourth-order valence-corrected chi connectivity index (χ4v) is 3.18. The van der Waals surface area contributed by atoms with E-state index < -0.39 is 0 Å². The van der Waals surface area contributed by atoms with E-state index in [2.05, 4.69) is 60.2 Å². The Kier molecular flexibility index (Phi) is 3.83. The minimum absolute atomic E-state index is 0.100. The van der Waals surface area contributed by atoms with Crippen LogP contribution in [0.25, 0.3) is 0 Å². The van der Waals surface area contributed by atoms with E-state index in [1.165, 1.54) is 5.56 Å². The maximum atomic E-state index is 4.75. The minimum Gasteiger partial charge on any atom is -0.334 e. The molecule has 1 aliphatic heterocycles. The highest BCUT2D eigenvalue weighted by Crippen LogP contribution is 2.33. The summed E-state index contributed by atoms with van der Waals surface area (Å²) in [4.78, 5) is 4.75. The molecule has 1 heterocycles. The molecule has 0 spiro atoms. The lowest BCUT2D eigenvalue weighted by atomic mass is 10.0. The number of rotatable bonds is 2. The van der Waals surface area contributed by atoms with Crippen LogP contribution in [0.2, 0.25) is 0 Å². The first-order chi connectivity index (χ1) is 8.04. The zero-order valence-corrected chi connectivity index (χ0v) is 12.8. The molecule has 92 valence electrons. The van der Waals surface area contributed by atoms with E-state index >= 15 is 0 Å². The second-order valence-electron chi connectivity index (χ2n) is 4.62. The number of hydrogen-bond acceptors (Lipinski definition) is 3. The predicted molar refractivity (Wildman–Crippen MR) is 81.1 cm³/mol. The Labute approximate surface area is 115 Å². The van der Waals surface area contributed by atoms with Gasteiger partial charge < -0.3 is 5.32 Å². The molecular formula is C13H17BrN2S. The van der Waals surface area contributed by atoms with Crippen molar-refractivity contribution in [3.05, 3.63) is 28.2 Å². The van der Waals surface area contributed by atoms with Gasteiger partial charge in [-0.2, -0.15) is 0 Å². The molecule has 1 aromatic carbocycles. The summed E-state index contributed by atoms with van der Waals surface area (Å²) in [6.45, 7) is 6.49. The zero-order valence-electron chi connectivity index (χ0n) is 10.4. The first-order valence-electron chi connectivity index (χ1n) is 5.79. The Morgan fingerprint density at radius 1 is 1.53 bits per heavy atom. The summed E-state index contributed by atoms with van der Waals surface area (Å²) >= 11 is 5.41. The number of hydrogen-bond donors (Lipinski definition) is 1. The Morgan fingerprint density at radius 3 is 2.94 bits per heavy atom. The van der Waals surface area contributed by atoms with Crippen LogP contribution in [0.1, 0.15) is 25.8 Å². The van der Waals surface area contributed by atoms with Crippen LogP contribution < -0.4 is 5.32 Å². The van der Waals surface area contributed by atoms with Crippen LogP contribution in [-0.4, -0.2) is 16.5 Å². The van der Waals surface area contributed by atoms with Gasteiger partial charge in [-0.15, -0.1) is 0 Å². The molecule has 1 aliphatic rings. The maximum absolute atomic E-state index is 4.75. The standard InChI is InChI=1S/C13H17BrN2S/c1-4-13(3)8-17-12(16-13)15-10-7-5-6-9(2)11(10)14/h5-7H,4,8H2,1-3H3,(H,15,16). The molecule has 1 aromatic rings. The van der Waals surface area contributed by atoms with Crippen LogP contribution in [0.15, 0.2) is 27.7 Å². The third-order valence-corrected chi connectivity index (χ3v) is 5.37. The SMILES string of the molecule is CCC1(C)CSC(Nc2cccc(C)c2Br)=N1. The number of aliphatic imine (C=N–C) groups is 1. The van der Waals surface area contributed by atoms with Gasteiger partial charge in [0, 0.05) is 10.2 Å². The van der Waals surface area contributed by atoms with E-state index in [9.17, 15) is 0 Å². The van der Waals surface area contributed by atoms with Gasteiger partial charge in [0.2, 0.25) is 0 Å². The summed E-state index contributed by atoms with van der Waals surface area (Å²) in [5.41, 5.74) is 2.43. The van der Waals surface area contributed by atoms with E-state index in [4.69, 9.17) is 4.99 Å². The molecule has 1 atom stereocenters. The minimum atomic E-state index is 0.100. The first-order valence-corrected chi connectivity index (χ1v) is 7.57. The highest BCUT2D eigenvalue weighted by molar-refractivity contribution is 9.10. The molecular weight excluding hydrogens is 296 g/mol. The number of aryl methyl sites for hydroxylation is 1. The average Bonchev–Trinajstić information content (AvgIpc) is 2.68. The van der Waals surface area contributed by atoms with Gasteiger partial charge in [-0.3, -0.25) is 4.99 Å². The molecule has 0 aliphatic carbocycles. The van der Waals surface area contributed by atoms with Crippen molar-refractivity contribution >= 4 is 38.5 Å². The molecule has 0 saturated carbocycles. The lowest BCUT2D eigenvalue weighted by Gasteiger charge is -2.15. The summed E-state index contributed by atoms with van der Waals surface area (Å²) in [5, 5.41) is 4.43. The highest BCUT2D eigenvalue weighted by atomic mass is 79.9. The van der Waals surface area contributed by atoms with Gasteiger partial charge in [0.25, 0.3) is 0 Å². The zero-order chi connectivity index (χ0) is 12.5. The van der Waals surface area contributed by atoms with E-state index in [0.717, 1.165) is 27.5 Å². The molecule has 4 heteroatoms. The molecule has 0 saturated heterocycles. The fourth-order valence-electron chi connectivity index (χ4n) is 1.64. The van der Waals surface area contributed by atoms with Crippen molar-refractivity contribution in [2.24, 2.45) is 4.99 Å². The summed E-state index contributed by atoms with van der Waals surface area (Å²) in [7, 11) is 0. The summed E-state index contributed by atoms with van der Waals surface area (Å²) in [6, 6.07) is 6.22. The Hall–Kier alpha value is -0.480. The van der Waals surface area contributed by atoms with Crippen molar-refractivity contribution in [2.45, 2.75) is 32.7 Å². The van der Waals surface area contributed by atoms with Gasteiger partial charge in [-0.25, -0.2) is 0 Å². The number of nitrogens with zero attached hydrogens (tertiary/aromatic N) is 1. The number of nitrogens with one attached hydrogen (secondary N) is 1. The molecule has 17 heavy (non-hydrogen) atoms. The molecule has 0 bridgehead atoms. The van der Waals surface area contributed by atoms with Crippen LogP contribution in [0.3, 0.4) is 0 Å². The van der Waals surface area contributed by atoms with E-state index in [1.54, 1.807) is 11.8 Å². The Morgan fingerprint density at radius 2 is 2.29 bits per heavy atom. The molecule has 0 fully saturated rings. The monoisotopic (exact) mass is 312 g/mol. The van der Waals surface area contributed by atoms with Gasteiger partial charge >= 0.3 is 0 Å². The van der Waals surface area contributed by atoms with Crippen LogP contribution in [0.5, 0.6) is 0 Å². The van der Waals surface area contributed by atoms with E-state index in [0.29, 0.717) is 0 Å². The van der Waals surface area contributed by atoms with Gasteiger partial charge in [0.15, 0.2) is 5.17 Å². The van der Waals surface area contributed by atoms with Crippen molar-refractivity contribution in [3.63, 3.8) is 0 Å². The molecule has 0 radical (unpaired) electrons. The summed E-state index contributed by atoms with van der Waals surface area (Å²) in [6.07, 6.45) is 1.08. The largest absolute Gasteiger partial charge is 0.334 e. The summed E-state index contributed by atoms with van der Waals surface area (Å²) in [5.74, 6) is 1.06. The molecule has 0 aromatic heterocycles. The van der Waals surface area contributed by atoms with Crippen molar-refractivity contribution in [3.8, 4) is 0 Å². The number of amidine groups is 1. The fraction of sp³-hybridized carbons (Fsp3) is 0.462. The molecule has 1 unspecified atom stereocenters. The quantitative estimate of drug-likeness (QED) is 0.873. The van der Waals surface area contributed by atoms with Crippen LogP contribution in [0.4, 0.5) is 5.69 Å². The number of anilines is 1. The Bertz CT molecular complexity index is 459. The topological polar surface area (TPSA) is 24.4 Å². The third-order valence-electron chi connectivity index (χ3n) is 3.09. The van der Waals surface area contributed by atoms with Crippen molar-refractivity contribution in [1.82, 2.24) is 0 Å². The molecule has 2 rings (SSSR count). The van der Waals surface area contributed by atoms with Crippen molar-refractivity contribution in [1.29, 1.82) is 0 Å². The second kappa shape index (κ2) is 5.02. The average molecular weight is 313 g/mol. The van der Waals surface area contributed by atoms with E-state index in [-0.39, 0.29) is 5.54 Å². The van der Waals surface area contributed by atoms with Crippen molar-refractivity contribution in [2.75, 3.05) is 11.1 Å². The normalized spacial score (nSPS) is 23.6. The lowest BCUT2D eigenvalue weighted by molar-refractivity contribution is 0.523. The summed E-state index contributed by atoms with van der Waals surface area (Å²) < 4.78 is 1.12. The first kappa shape index (κ1) is 13.0. The van der Waals surface area contributed by atoms with Gasteiger partial charge in [-0.05, 0) is 47.8 Å². The molecule has 0 amide bonds. The van der Waals surface area contributed by atoms with Crippen LogP contribution in [-0.2, 0) is 0 Å². The van der Waals surface area contributed by atoms with Gasteiger partial charge in [-0.1, -0.05) is 30.8 Å². The number of thioether (sulfide) groups is 1. The lowest BCUT2D eigenvalue weighted by Crippen LogP contribution is -2.20. The Balaban J connectivity index is 2.18. The van der Waals surface area contributed by atoms with Crippen LogP contribution in [0, 0.1) is 6.92 Å². The highest BCUT2D eigenvalue weighted by Gasteiger charge is 2.28. The van der Waals surface area contributed by atoms with E-state index in [1.807, 2.05) is 0 Å². The van der Waals surface area contributed by atoms with Gasteiger partial charge in [0.1, 0.15) is 0 Å². The molecule has 2 nitrogen and oxygen atoms in total. The smallest absolute Gasteiger partial charge is 0.161 e. The number of benzene rings is 1. The maximum Gasteiger partial charge on any atom is 0.161 e. The second-order valence-corrected chi connectivity index (χ2v) is 6.37. The number of halogens is 1. The molecule has 1 N–H and O–H groups in total. The van der Waals surface area contributed by atoms with Gasteiger partial charge in [0.05, 0.1) is 11.2 Å². The van der Waals surface area contributed by atoms with Crippen molar-refractivity contribution < 1.29 is 0 Å². The predicted octanol–water partition coefficient (Wildman–Crippen LogP) is 4.44. The van der Waals surface area contributed by atoms with Crippen LogP contribution >= 0.6 is 27.7 Å². The third kappa shape index (κ3) is 2.86.